The molecule has 1 saturated heterocycles. The summed E-state index contributed by atoms with van der Waals surface area (Å²) in [5.74, 6) is 0. The highest BCUT2D eigenvalue weighted by Gasteiger charge is 2.29. The highest BCUT2D eigenvalue weighted by Crippen LogP contribution is 2.30. The van der Waals surface area contributed by atoms with E-state index in [0.717, 1.165) is 17.6 Å². The Morgan fingerprint density at radius 3 is 2.54 bits per heavy atom. The maximum Gasteiger partial charge on any atom is 0.0175 e. The first-order valence-electron chi connectivity index (χ1n) is 4.67. The van der Waals surface area contributed by atoms with Gasteiger partial charge in [0, 0.05) is 16.4 Å². The lowest BCUT2D eigenvalue weighted by Crippen LogP contribution is -2.24. The van der Waals surface area contributed by atoms with Crippen LogP contribution in [0.5, 0.6) is 0 Å². The van der Waals surface area contributed by atoms with Gasteiger partial charge in [0.25, 0.3) is 0 Å². The predicted octanol–water partition coefficient (Wildman–Crippen LogP) is 2.70. The Kier molecular flexibility index (Phi) is 2.43. The van der Waals surface area contributed by atoms with Crippen LogP contribution in [-0.4, -0.2) is 13.1 Å². The molecule has 0 aromatic heterocycles. The van der Waals surface area contributed by atoms with Crippen LogP contribution >= 0.6 is 15.9 Å². The first-order chi connectivity index (χ1) is 6.21. The van der Waals surface area contributed by atoms with Crippen molar-refractivity contribution in [2.75, 3.05) is 13.1 Å². The molecule has 1 heterocycles. The second-order valence-electron chi connectivity index (χ2n) is 3.99. The Hall–Kier alpha value is -0.340. The number of halogens is 1. The Morgan fingerprint density at radius 2 is 2.00 bits per heavy atom. The van der Waals surface area contributed by atoms with Crippen molar-refractivity contribution < 1.29 is 0 Å². The van der Waals surface area contributed by atoms with Crippen molar-refractivity contribution in [1.29, 1.82) is 0 Å². The minimum Gasteiger partial charge on any atom is -0.316 e. The molecule has 0 spiro atoms. The number of rotatable bonds is 1. The highest BCUT2D eigenvalue weighted by atomic mass is 79.9. The third-order valence-electron chi connectivity index (χ3n) is 2.91. The summed E-state index contributed by atoms with van der Waals surface area (Å²) in [6.45, 7) is 4.58. The quantitative estimate of drug-likeness (QED) is 0.795. The second kappa shape index (κ2) is 3.43. The van der Waals surface area contributed by atoms with E-state index in [1.807, 2.05) is 0 Å². The summed E-state index contributed by atoms with van der Waals surface area (Å²) in [7, 11) is 0. The Morgan fingerprint density at radius 1 is 1.31 bits per heavy atom. The average Bonchev–Trinajstić information content (AvgIpc) is 2.54. The zero-order chi connectivity index (χ0) is 9.31. The lowest BCUT2D eigenvalue weighted by Gasteiger charge is -2.23. The molecular formula is C11H14BrN. The van der Waals surface area contributed by atoms with Gasteiger partial charge in [0.2, 0.25) is 0 Å². The predicted molar refractivity (Wildman–Crippen MR) is 59.0 cm³/mol. The van der Waals surface area contributed by atoms with Gasteiger partial charge in [-0.25, -0.2) is 0 Å². The maximum absolute atomic E-state index is 3.46. The smallest absolute Gasteiger partial charge is 0.0175 e. The standard InChI is InChI=1S/C11H14BrN/c1-11(6-7-13-8-11)9-2-4-10(12)5-3-9/h2-5,13H,6-8H2,1H3. The van der Waals surface area contributed by atoms with Gasteiger partial charge in [-0.1, -0.05) is 35.0 Å². The molecule has 0 aliphatic carbocycles. The fourth-order valence-electron chi connectivity index (χ4n) is 1.92. The first-order valence-corrected chi connectivity index (χ1v) is 5.47. The van der Waals surface area contributed by atoms with Crippen LogP contribution in [0.25, 0.3) is 0 Å². The topological polar surface area (TPSA) is 12.0 Å². The fraction of sp³-hybridized carbons (Fsp3) is 0.455. The van der Waals surface area contributed by atoms with Gasteiger partial charge in [0.15, 0.2) is 0 Å². The van der Waals surface area contributed by atoms with Crippen LogP contribution in [0.15, 0.2) is 28.7 Å². The summed E-state index contributed by atoms with van der Waals surface area (Å²) < 4.78 is 1.16. The van der Waals surface area contributed by atoms with Gasteiger partial charge in [0.1, 0.15) is 0 Å². The molecule has 1 nitrogen and oxygen atoms in total. The normalized spacial score (nSPS) is 27.8. The molecule has 13 heavy (non-hydrogen) atoms. The monoisotopic (exact) mass is 239 g/mol. The summed E-state index contributed by atoms with van der Waals surface area (Å²) in [5.41, 5.74) is 1.79. The maximum atomic E-state index is 3.46. The molecule has 0 saturated carbocycles. The molecule has 1 fully saturated rings. The molecule has 70 valence electrons. The summed E-state index contributed by atoms with van der Waals surface area (Å²) in [6.07, 6.45) is 1.24. The molecule has 1 aliphatic heterocycles. The van der Waals surface area contributed by atoms with E-state index in [1.165, 1.54) is 12.0 Å². The average molecular weight is 240 g/mol. The van der Waals surface area contributed by atoms with Crippen molar-refractivity contribution >= 4 is 15.9 Å². The molecule has 0 amide bonds. The van der Waals surface area contributed by atoms with E-state index in [2.05, 4.69) is 52.4 Å². The summed E-state index contributed by atoms with van der Waals surface area (Å²) >= 11 is 3.46. The van der Waals surface area contributed by atoms with E-state index < -0.39 is 0 Å². The molecule has 1 N–H and O–H groups in total. The Labute approximate surface area is 87.7 Å². The minimum absolute atomic E-state index is 0.348. The molecule has 1 aliphatic rings. The summed E-state index contributed by atoms with van der Waals surface area (Å²) in [6, 6.07) is 8.69. The lowest BCUT2D eigenvalue weighted by atomic mass is 9.82. The van der Waals surface area contributed by atoms with Gasteiger partial charge in [-0.3, -0.25) is 0 Å². The number of benzene rings is 1. The minimum atomic E-state index is 0.348. The number of hydrogen-bond acceptors (Lipinski definition) is 1. The zero-order valence-corrected chi connectivity index (χ0v) is 9.39. The van der Waals surface area contributed by atoms with Crippen molar-refractivity contribution in [1.82, 2.24) is 5.32 Å². The molecule has 1 aromatic rings. The van der Waals surface area contributed by atoms with Crippen LogP contribution in [0, 0.1) is 0 Å². The molecule has 0 bridgehead atoms. The summed E-state index contributed by atoms with van der Waals surface area (Å²) in [5, 5.41) is 3.41. The Bertz CT molecular complexity index is 285. The van der Waals surface area contributed by atoms with Crippen molar-refractivity contribution in [2.45, 2.75) is 18.8 Å². The van der Waals surface area contributed by atoms with Crippen LogP contribution in [-0.2, 0) is 5.41 Å². The van der Waals surface area contributed by atoms with E-state index in [1.54, 1.807) is 0 Å². The van der Waals surface area contributed by atoms with E-state index in [-0.39, 0.29) is 0 Å². The van der Waals surface area contributed by atoms with E-state index in [9.17, 15) is 0 Å². The molecule has 1 aromatic carbocycles. The van der Waals surface area contributed by atoms with E-state index in [0.29, 0.717) is 5.41 Å². The molecule has 2 heteroatoms. The van der Waals surface area contributed by atoms with Crippen molar-refractivity contribution in [3.8, 4) is 0 Å². The van der Waals surface area contributed by atoms with Gasteiger partial charge in [-0.15, -0.1) is 0 Å². The molecular weight excluding hydrogens is 226 g/mol. The van der Waals surface area contributed by atoms with Crippen LogP contribution in [0.4, 0.5) is 0 Å². The summed E-state index contributed by atoms with van der Waals surface area (Å²) in [4.78, 5) is 0. The van der Waals surface area contributed by atoms with Crippen molar-refractivity contribution in [3.05, 3.63) is 34.3 Å². The number of hydrogen-bond donors (Lipinski definition) is 1. The van der Waals surface area contributed by atoms with Gasteiger partial charge >= 0.3 is 0 Å². The third-order valence-corrected chi connectivity index (χ3v) is 3.44. The first kappa shape index (κ1) is 9.22. The highest BCUT2D eigenvalue weighted by molar-refractivity contribution is 9.10. The number of nitrogens with one attached hydrogen (secondary N) is 1. The van der Waals surface area contributed by atoms with Gasteiger partial charge in [0.05, 0.1) is 0 Å². The van der Waals surface area contributed by atoms with E-state index >= 15 is 0 Å². The van der Waals surface area contributed by atoms with Crippen LogP contribution in [0.2, 0.25) is 0 Å². The SMILES string of the molecule is CC1(c2ccc(Br)cc2)CCNC1. The van der Waals surface area contributed by atoms with Crippen molar-refractivity contribution in [3.63, 3.8) is 0 Å². The Balaban J connectivity index is 2.29. The van der Waals surface area contributed by atoms with E-state index in [4.69, 9.17) is 0 Å². The van der Waals surface area contributed by atoms with Gasteiger partial charge < -0.3 is 5.32 Å². The van der Waals surface area contributed by atoms with Crippen molar-refractivity contribution in [2.24, 2.45) is 0 Å². The lowest BCUT2D eigenvalue weighted by molar-refractivity contribution is 0.525. The third kappa shape index (κ3) is 1.79. The molecule has 1 unspecified atom stereocenters. The largest absolute Gasteiger partial charge is 0.316 e. The second-order valence-corrected chi connectivity index (χ2v) is 4.91. The van der Waals surface area contributed by atoms with Crippen LogP contribution in [0.1, 0.15) is 18.9 Å². The molecule has 1 atom stereocenters. The van der Waals surface area contributed by atoms with Gasteiger partial charge in [-0.05, 0) is 30.7 Å². The molecule has 2 rings (SSSR count). The zero-order valence-electron chi connectivity index (χ0n) is 7.81. The molecule has 0 radical (unpaired) electrons. The van der Waals surface area contributed by atoms with Gasteiger partial charge in [-0.2, -0.15) is 0 Å². The van der Waals surface area contributed by atoms with Crippen LogP contribution < -0.4 is 5.32 Å². The van der Waals surface area contributed by atoms with Crippen LogP contribution in [0.3, 0.4) is 0 Å². The fourth-order valence-corrected chi connectivity index (χ4v) is 2.18.